The second kappa shape index (κ2) is 10.3. The van der Waals surface area contributed by atoms with Gasteiger partial charge in [0.1, 0.15) is 0 Å². The number of carbonyl (C=O) groups excluding carboxylic acids is 2. The van der Waals surface area contributed by atoms with E-state index in [1.807, 2.05) is 23.1 Å². The molecule has 0 aromatic heterocycles. The van der Waals surface area contributed by atoms with E-state index in [1.165, 1.54) is 0 Å². The van der Waals surface area contributed by atoms with Gasteiger partial charge in [0.05, 0.1) is 20.3 Å². The summed E-state index contributed by atoms with van der Waals surface area (Å²) in [5, 5.41) is 3.44. The van der Waals surface area contributed by atoms with E-state index in [0.717, 1.165) is 24.9 Å². The number of rotatable bonds is 8. The van der Waals surface area contributed by atoms with Crippen LogP contribution in [0.15, 0.2) is 42.5 Å². The van der Waals surface area contributed by atoms with Gasteiger partial charge in [-0.15, -0.1) is 0 Å². The van der Waals surface area contributed by atoms with Crippen molar-refractivity contribution in [1.29, 1.82) is 0 Å². The summed E-state index contributed by atoms with van der Waals surface area (Å²) in [7, 11) is 3.21. The van der Waals surface area contributed by atoms with Gasteiger partial charge in [-0.3, -0.25) is 9.59 Å². The highest BCUT2D eigenvalue weighted by molar-refractivity contribution is 6.30. The summed E-state index contributed by atoms with van der Waals surface area (Å²) < 4.78 is 10.7. The number of halogens is 1. The summed E-state index contributed by atoms with van der Waals surface area (Å²) in [6.45, 7) is 1.19. The Morgan fingerprint density at radius 2 is 1.83 bits per heavy atom. The maximum atomic E-state index is 12.8. The zero-order valence-corrected chi connectivity index (χ0v) is 18.1. The Morgan fingerprint density at radius 3 is 2.53 bits per heavy atom. The van der Waals surface area contributed by atoms with Crippen LogP contribution in [0, 0.1) is 0 Å². The van der Waals surface area contributed by atoms with Gasteiger partial charge in [0.2, 0.25) is 5.91 Å². The summed E-state index contributed by atoms with van der Waals surface area (Å²) in [5.74, 6) is 1.28. The van der Waals surface area contributed by atoms with Crippen LogP contribution in [0.4, 0.5) is 0 Å². The molecule has 1 unspecified atom stereocenters. The molecule has 3 rings (SSSR count). The van der Waals surface area contributed by atoms with E-state index in [1.54, 1.807) is 38.5 Å². The fourth-order valence-corrected chi connectivity index (χ4v) is 3.89. The molecule has 0 aliphatic carbocycles. The lowest BCUT2D eigenvalue weighted by Crippen LogP contribution is -2.31. The minimum absolute atomic E-state index is 0.0426. The molecule has 1 fully saturated rings. The van der Waals surface area contributed by atoms with Crippen LogP contribution in [0.5, 0.6) is 11.5 Å². The van der Waals surface area contributed by atoms with Crippen LogP contribution < -0.4 is 14.8 Å². The monoisotopic (exact) mass is 430 g/mol. The van der Waals surface area contributed by atoms with Crippen LogP contribution in [0.25, 0.3) is 0 Å². The van der Waals surface area contributed by atoms with Crippen molar-refractivity contribution >= 4 is 23.4 Å². The van der Waals surface area contributed by atoms with Gasteiger partial charge in [-0.05, 0) is 61.2 Å². The van der Waals surface area contributed by atoms with E-state index >= 15 is 0 Å². The predicted octanol–water partition coefficient (Wildman–Crippen LogP) is 4.23. The molecule has 6 nitrogen and oxygen atoms in total. The fraction of sp³-hybridized carbons (Fsp3) is 0.391. The van der Waals surface area contributed by atoms with Crippen molar-refractivity contribution in [2.24, 2.45) is 0 Å². The number of nitrogens with zero attached hydrogens (tertiary/aromatic N) is 1. The standard InChI is InChI=1S/C23H27ClN2O4/c1-29-20-12-9-17(15-21(20)30-2)19-5-4-14-26(19)22(27)6-3-13-25-23(28)16-7-10-18(24)11-8-16/h7-12,15,19H,3-6,13-14H2,1-2H3,(H,25,28). The topological polar surface area (TPSA) is 67.9 Å². The third kappa shape index (κ3) is 5.25. The number of methoxy groups -OCH3 is 2. The van der Waals surface area contributed by atoms with Gasteiger partial charge in [0, 0.05) is 30.1 Å². The number of ether oxygens (including phenoxy) is 2. The summed E-state index contributed by atoms with van der Waals surface area (Å²) in [6.07, 6.45) is 2.88. The van der Waals surface area contributed by atoms with Crippen molar-refractivity contribution in [2.45, 2.75) is 31.7 Å². The molecule has 1 N–H and O–H groups in total. The van der Waals surface area contributed by atoms with Gasteiger partial charge < -0.3 is 19.7 Å². The number of amides is 2. The van der Waals surface area contributed by atoms with Gasteiger partial charge in [0.25, 0.3) is 5.91 Å². The molecule has 0 radical (unpaired) electrons. The summed E-state index contributed by atoms with van der Waals surface area (Å²) in [5.41, 5.74) is 1.60. The van der Waals surface area contributed by atoms with Crippen molar-refractivity contribution < 1.29 is 19.1 Å². The third-order valence-corrected chi connectivity index (χ3v) is 5.58. The fourth-order valence-electron chi connectivity index (χ4n) is 3.76. The van der Waals surface area contributed by atoms with Gasteiger partial charge in [-0.1, -0.05) is 17.7 Å². The maximum Gasteiger partial charge on any atom is 0.251 e. The number of hydrogen-bond donors (Lipinski definition) is 1. The van der Waals surface area contributed by atoms with Crippen LogP contribution in [-0.4, -0.2) is 44.0 Å². The smallest absolute Gasteiger partial charge is 0.251 e. The van der Waals surface area contributed by atoms with Gasteiger partial charge >= 0.3 is 0 Å². The number of nitrogens with one attached hydrogen (secondary N) is 1. The molecule has 0 saturated carbocycles. The van der Waals surface area contributed by atoms with Crippen molar-refractivity contribution in [2.75, 3.05) is 27.3 Å². The highest BCUT2D eigenvalue weighted by Crippen LogP contribution is 2.37. The molecule has 0 spiro atoms. The van der Waals surface area contributed by atoms with Gasteiger partial charge in [-0.2, -0.15) is 0 Å². The molecule has 1 aliphatic heterocycles. The molecule has 1 aliphatic rings. The second-order valence-corrected chi connectivity index (χ2v) is 7.66. The highest BCUT2D eigenvalue weighted by atomic mass is 35.5. The van der Waals surface area contributed by atoms with E-state index in [9.17, 15) is 9.59 Å². The molecule has 7 heteroatoms. The zero-order valence-electron chi connectivity index (χ0n) is 17.3. The lowest BCUT2D eigenvalue weighted by atomic mass is 10.0. The number of benzene rings is 2. The van der Waals surface area contributed by atoms with Crippen molar-refractivity contribution in [3.8, 4) is 11.5 Å². The second-order valence-electron chi connectivity index (χ2n) is 7.23. The SMILES string of the molecule is COc1ccc(C2CCCN2C(=O)CCCNC(=O)c2ccc(Cl)cc2)cc1OC. The Hall–Kier alpha value is -2.73. The Balaban J connectivity index is 1.52. The molecule has 1 heterocycles. The largest absolute Gasteiger partial charge is 0.493 e. The van der Waals surface area contributed by atoms with Crippen molar-refractivity contribution in [3.63, 3.8) is 0 Å². The van der Waals surface area contributed by atoms with Crippen LogP contribution in [-0.2, 0) is 4.79 Å². The Morgan fingerprint density at radius 1 is 1.10 bits per heavy atom. The molecular formula is C23H27ClN2O4. The average molecular weight is 431 g/mol. The quantitative estimate of drug-likeness (QED) is 0.636. The van der Waals surface area contributed by atoms with E-state index in [-0.39, 0.29) is 17.9 Å². The molecule has 160 valence electrons. The Labute approximate surface area is 182 Å². The third-order valence-electron chi connectivity index (χ3n) is 5.32. The number of hydrogen-bond acceptors (Lipinski definition) is 4. The molecule has 2 amide bonds. The zero-order chi connectivity index (χ0) is 21.5. The molecule has 1 saturated heterocycles. The van der Waals surface area contributed by atoms with E-state index in [2.05, 4.69) is 5.32 Å². The normalized spacial score (nSPS) is 15.7. The first-order valence-electron chi connectivity index (χ1n) is 10.1. The summed E-state index contributed by atoms with van der Waals surface area (Å²) in [4.78, 5) is 26.9. The van der Waals surface area contributed by atoms with Crippen molar-refractivity contribution in [1.82, 2.24) is 10.2 Å². The molecule has 0 bridgehead atoms. The first-order chi connectivity index (χ1) is 14.5. The minimum atomic E-state index is -0.163. The molecule has 2 aromatic rings. The van der Waals surface area contributed by atoms with Crippen molar-refractivity contribution in [3.05, 3.63) is 58.6 Å². The highest BCUT2D eigenvalue weighted by Gasteiger charge is 2.30. The average Bonchev–Trinajstić information content (AvgIpc) is 3.26. The van der Waals surface area contributed by atoms with E-state index in [4.69, 9.17) is 21.1 Å². The first-order valence-corrected chi connectivity index (χ1v) is 10.5. The van der Waals surface area contributed by atoms with E-state index < -0.39 is 0 Å². The number of carbonyl (C=O) groups is 2. The number of likely N-dealkylation sites (tertiary alicyclic amines) is 1. The summed E-state index contributed by atoms with van der Waals surface area (Å²) >= 11 is 5.84. The molecular weight excluding hydrogens is 404 g/mol. The summed E-state index contributed by atoms with van der Waals surface area (Å²) in [6, 6.07) is 12.6. The van der Waals surface area contributed by atoms with E-state index in [0.29, 0.717) is 41.5 Å². The van der Waals surface area contributed by atoms with Gasteiger partial charge in [-0.25, -0.2) is 0 Å². The van der Waals surface area contributed by atoms with Gasteiger partial charge in [0.15, 0.2) is 11.5 Å². The first kappa shape index (κ1) is 22.0. The Kier molecular flexibility index (Phi) is 7.57. The van der Waals surface area contributed by atoms with Crippen LogP contribution >= 0.6 is 11.6 Å². The minimum Gasteiger partial charge on any atom is -0.493 e. The molecule has 2 aromatic carbocycles. The molecule has 30 heavy (non-hydrogen) atoms. The maximum absolute atomic E-state index is 12.8. The van der Waals surface area contributed by atoms with Crippen LogP contribution in [0.3, 0.4) is 0 Å². The lowest BCUT2D eigenvalue weighted by Gasteiger charge is -2.26. The molecule has 1 atom stereocenters. The Bertz CT molecular complexity index is 885. The van der Waals surface area contributed by atoms with Crippen LogP contribution in [0.2, 0.25) is 5.02 Å². The predicted molar refractivity (Wildman–Crippen MR) is 116 cm³/mol. The van der Waals surface area contributed by atoms with Crippen LogP contribution in [0.1, 0.15) is 47.6 Å². The lowest BCUT2D eigenvalue weighted by molar-refractivity contribution is -0.132.